The highest BCUT2D eigenvalue weighted by atomic mass is 32.1. The Hall–Kier alpha value is -0.380. The first kappa shape index (κ1) is 8.23. The van der Waals surface area contributed by atoms with Crippen LogP contribution in [0.3, 0.4) is 0 Å². The van der Waals surface area contributed by atoms with Crippen molar-refractivity contribution in [2.75, 3.05) is 13.2 Å². The third-order valence-electron chi connectivity index (χ3n) is 2.83. The Morgan fingerprint density at radius 1 is 1.75 bits per heavy atom. The minimum absolute atomic E-state index is 0.128. The topological polar surface area (TPSA) is 46.2 Å². The lowest BCUT2D eigenvalue weighted by Gasteiger charge is -2.11. The van der Waals surface area contributed by atoms with Gasteiger partial charge in [-0.05, 0) is 23.8 Å². The van der Waals surface area contributed by atoms with E-state index in [9.17, 15) is 0 Å². The molecule has 2 atom stereocenters. The fourth-order valence-corrected chi connectivity index (χ4v) is 2.86. The van der Waals surface area contributed by atoms with E-state index in [0.29, 0.717) is 12.5 Å². The summed E-state index contributed by atoms with van der Waals surface area (Å²) >= 11 is 1.74. The molecular weight excluding hydrogens is 170 g/mol. The number of hydrogen-bond acceptors (Lipinski definition) is 3. The Morgan fingerprint density at radius 3 is 3.00 bits per heavy atom. The second-order valence-corrected chi connectivity index (χ2v) is 4.37. The highest BCUT2D eigenvalue weighted by molar-refractivity contribution is 7.10. The van der Waals surface area contributed by atoms with Crippen molar-refractivity contribution < 1.29 is 5.11 Å². The van der Waals surface area contributed by atoms with E-state index in [2.05, 4.69) is 11.4 Å². The molecule has 0 aliphatic heterocycles. The smallest absolute Gasteiger partial charge is 0.0468 e. The van der Waals surface area contributed by atoms with E-state index in [4.69, 9.17) is 10.8 Å². The van der Waals surface area contributed by atoms with Crippen molar-refractivity contribution in [2.45, 2.75) is 11.8 Å². The summed E-state index contributed by atoms with van der Waals surface area (Å²) in [6, 6.07) is 4.16. The van der Waals surface area contributed by atoms with Crippen LogP contribution in [-0.2, 0) is 5.41 Å². The summed E-state index contributed by atoms with van der Waals surface area (Å²) in [5.74, 6) is 0.404. The molecule has 0 amide bonds. The van der Waals surface area contributed by atoms with Crippen LogP contribution in [0.15, 0.2) is 17.5 Å². The third-order valence-corrected chi connectivity index (χ3v) is 3.92. The molecule has 2 rings (SSSR count). The van der Waals surface area contributed by atoms with Crippen LogP contribution >= 0.6 is 11.3 Å². The molecule has 66 valence electrons. The van der Waals surface area contributed by atoms with E-state index in [0.717, 1.165) is 6.42 Å². The highest BCUT2D eigenvalue weighted by Gasteiger charge is 2.54. The predicted octanol–water partition coefficient (Wildman–Crippen LogP) is 0.957. The summed E-state index contributed by atoms with van der Waals surface area (Å²) < 4.78 is 0. The molecule has 3 N–H and O–H groups in total. The second kappa shape index (κ2) is 2.83. The zero-order valence-electron chi connectivity index (χ0n) is 6.86. The zero-order chi connectivity index (χ0) is 8.60. The molecule has 0 spiro atoms. The SMILES string of the molecule is NCC1(c2cccs2)CC1CO. The van der Waals surface area contributed by atoms with E-state index in [1.54, 1.807) is 11.3 Å². The van der Waals surface area contributed by atoms with Crippen LogP contribution in [0.1, 0.15) is 11.3 Å². The van der Waals surface area contributed by atoms with Gasteiger partial charge in [-0.15, -0.1) is 11.3 Å². The van der Waals surface area contributed by atoms with Gasteiger partial charge in [0.1, 0.15) is 0 Å². The molecular formula is C9H13NOS. The molecule has 0 aromatic carbocycles. The maximum atomic E-state index is 9.02. The lowest BCUT2D eigenvalue weighted by molar-refractivity contribution is 0.264. The molecule has 1 aromatic heterocycles. The Labute approximate surface area is 76.0 Å². The van der Waals surface area contributed by atoms with Crippen molar-refractivity contribution >= 4 is 11.3 Å². The minimum atomic E-state index is 0.128. The Morgan fingerprint density at radius 2 is 2.58 bits per heavy atom. The van der Waals surface area contributed by atoms with Crippen LogP contribution < -0.4 is 5.73 Å². The van der Waals surface area contributed by atoms with Gasteiger partial charge in [-0.25, -0.2) is 0 Å². The second-order valence-electron chi connectivity index (χ2n) is 3.42. The molecule has 1 fully saturated rings. The first-order chi connectivity index (χ1) is 5.83. The van der Waals surface area contributed by atoms with Gasteiger partial charge >= 0.3 is 0 Å². The maximum absolute atomic E-state index is 9.02. The van der Waals surface area contributed by atoms with Crippen molar-refractivity contribution in [3.05, 3.63) is 22.4 Å². The van der Waals surface area contributed by atoms with Gasteiger partial charge in [-0.3, -0.25) is 0 Å². The maximum Gasteiger partial charge on any atom is 0.0468 e. The summed E-state index contributed by atoms with van der Waals surface area (Å²) in [4.78, 5) is 1.34. The number of hydrogen-bond donors (Lipinski definition) is 2. The standard InChI is InChI=1S/C9H13NOS/c10-6-9(4-7(9)5-11)8-2-1-3-12-8/h1-3,7,11H,4-6,10H2. The van der Waals surface area contributed by atoms with E-state index >= 15 is 0 Å². The number of thiophene rings is 1. The molecule has 2 nitrogen and oxygen atoms in total. The summed E-state index contributed by atoms with van der Waals surface area (Å²) in [6.45, 7) is 0.938. The van der Waals surface area contributed by atoms with Crippen molar-refractivity contribution in [3.63, 3.8) is 0 Å². The number of nitrogens with two attached hydrogens (primary N) is 1. The number of rotatable bonds is 3. The Kier molecular flexibility index (Phi) is 1.94. The molecule has 1 aliphatic rings. The van der Waals surface area contributed by atoms with Crippen LogP contribution in [0.5, 0.6) is 0 Å². The molecule has 3 heteroatoms. The van der Waals surface area contributed by atoms with Gasteiger partial charge in [0.2, 0.25) is 0 Å². The quantitative estimate of drug-likeness (QED) is 0.733. The average Bonchev–Trinajstić information content (AvgIpc) is 2.57. The van der Waals surface area contributed by atoms with Gasteiger partial charge in [0.05, 0.1) is 0 Å². The van der Waals surface area contributed by atoms with Crippen LogP contribution in [0.4, 0.5) is 0 Å². The molecule has 2 unspecified atom stereocenters. The Bertz CT molecular complexity index is 260. The first-order valence-corrected chi connectivity index (χ1v) is 5.06. The Balaban J connectivity index is 2.22. The van der Waals surface area contributed by atoms with E-state index in [1.165, 1.54) is 4.88 Å². The number of aliphatic hydroxyl groups excluding tert-OH is 1. The van der Waals surface area contributed by atoms with Crippen molar-refractivity contribution in [1.82, 2.24) is 0 Å². The number of aliphatic hydroxyl groups is 1. The van der Waals surface area contributed by atoms with E-state index < -0.39 is 0 Å². The first-order valence-electron chi connectivity index (χ1n) is 4.18. The predicted molar refractivity (Wildman–Crippen MR) is 50.2 cm³/mol. The zero-order valence-corrected chi connectivity index (χ0v) is 7.68. The van der Waals surface area contributed by atoms with Crippen LogP contribution in [0, 0.1) is 5.92 Å². The van der Waals surface area contributed by atoms with Crippen molar-refractivity contribution in [3.8, 4) is 0 Å². The molecule has 1 saturated carbocycles. The van der Waals surface area contributed by atoms with Crippen molar-refractivity contribution in [1.29, 1.82) is 0 Å². The summed E-state index contributed by atoms with van der Waals surface area (Å²) in [7, 11) is 0. The van der Waals surface area contributed by atoms with Gasteiger partial charge in [0.15, 0.2) is 0 Å². The molecule has 1 heterocycles. The van der Waals surface area contributed by atoms with Gasteiger partial charge in [-0.1, -0.05) is 6.07 Å². The largest absolute Gasteiger partial charge is 0.396 e. The van der Waals surface area contributed by atoms with Crippen molar-refractivity contribution in [2.24, 2.45) is 11.7 Å². The van der Waals surface area contributed by atoms with Crippen LogP contribution in [0.2, 0.25) is 0 Å². The highest BCUT2D eigenvalue weighted by Crippen LogP contribution is 2.54. The molecule has 0 radical (unpaired) electrons. The monoisotopic (exact) mass is 183 g/mol. The van der Waals surface area contributed by atoms with Gasteiger partial charge in [0.25, 0.3) is 0 Å². The fraction of sp³-hybridized carbons (Fsp3) is 0.556. The van der Waals surface area contributed by atoms with Gasteiger partial charge in [0, 0.05) is 23.4 Å². The lowest BCUT2D eigenvalue weighted by Crippen LogP contribution is -2.22. The summed E-state index contributed by atoms with van der Waals surface area (Å²) in [6.07, 6.45) is 1.06. The van der Waals surface area contributed by atoms with Gasteiger partial charge < -0.3 is 10.8 Å². The summed E-state index contributed by atoms with van der Waals surface area (Å²) in [5, 5.41) is 11.1. The fourth-order valence-electron chi connectivity index (χ4n) is 1.83. The summed E-state index contributed by atoms with van der Waals surface area (Å²) in [5.41, 5.74) is 5.85. The third kappa shape index (κ3) is 1.01. The molecule has 1 aliphatic carbocycles. The van der Waals surface area contributed by atoms with E-state index in [-0.39, 0.29) is 12.0 Å². The van der Waals surface area contributed by atoms with E-state index in [1.807, 2.05) is 6.07 Å². The van der Waals surface area contributed by atoms with Crippen LogP contribution in [-0.4, -0.2) is 18.3 Å². The normalized spacial score (nSPS) is 33.7. The van der Waals surface area contributed by atoms with Crippen LogP contribution in [0.25, 0.3) is 0 Å². The van der Waals surface area contributed by atoms with Gasteiger partial charge in [-0.2, -0.15) is 0 Å². The average molecular weight is 183 g/mol. The molecule has 0 saturated heterocycles. The lowest BCUT2D eigenvalue weighted by atomic mass is 10.0. The molecule has 0 bridgehead atoms. The molecule has 12 heavy (non-hydrogen) atoms. The molecule has 1 aromatic rings. The minimum Gasteiger partial charge on any atom is -0.396 e.